The average molecular weight is 247 g/mol. The van der Waals surface area contributed by atoms with Crippen LogP contribution in [0.2, 0.25) is 0 Å². The van der Waals surface area contributed by atoms with E-state index in [-0.39, 0.29) is 0 Å². The van der Waals surface area contributed by atoms with Crippen LogP contribution >= 0.6 is 0 Å². The van der Waals surface area contributed by atoms with Crippen LogP contribution in [0.15, 0.2) is 35.3 Å². The van der Waals surface area contributed by atoms with Crippen LogP contribution < -0.4 is 5.73 Å². The van der Waals surface area contributed by atoms with Gasteiger partial charge in [0.1, 0.15) is 0 Å². The summed E-state index contributed by atoms with van der Waals surface area (Å²) in [7, 11) is 2.14. The van der Waals surface area contributed by atoms with Crippen molar-refractivity contribution in [1.29, 1.82) is 0 Å². The third kappa shape index (κ3) is 6.40. The molecule has 0 radical (unpaired) electrons. The summed E-state index contributed by atoms with van der Waals surface area (Å²) in [5.74, 6) is 0.795. The fourth-order valence-electron chi connectivity index (χ4n) is 1.87. The van der Waals surface area contributed by atoms with Crippen molar-refractivity contribution in [3.63, 3.8) is 0 Å². The molecule has 0 saturated heterocycles. The minimum Gasteiger partial charge on any atom is -0.387 e. The van der Waals surface area contributed by atoms with Crippen LogP contribution in [0.5, 0.6) is 0 Å². The summed E-state index contributed by atoms with van der Waals surface area (Å²) in [5, 5.41) is 0. The van der Waals surface area contributed by atoms with E-state index in [1.165, 1.54) is 5.56 Å². The van der Waals surface area contributed by atoms with Gasteiger partial charge in [0.2, 0.25) is 0 Å². The van der Waals surface area contributed by atoms with E-state index in [4.69, 9.17) is 5.73 Å². The lowest BCUT2D eigenvalue weighted by Crippen LogP contribution is -2.20. The molecule has 2 N–H and O–H groups in total. The van der Waals surface area contributed by atoms with Crippen LogP contribution in [-0.4, -0.2) is 30.9 Å². The Morgan fingerprint density at radius 2 is 2.00 bits per heavy atom. The summed E-state index contributed by atoms with van der Waals surface area (Å²) >= 11 is 0. The number of benzene rings is 1. The van der Waals surface area contributed by atoms with Crippen molar-refractivity contribution < 1.29 is 0 Å². The maximum Gasteiger partial charge on any atom is 0.0936 e. The summed E-state index contributed by atoms with van der Waals surface area (Å²) in [6.45, 7) is 5.01. The highest BCUT2D eigenvalue weighted by molar-refractivity contribution is 5.80. The van der Waals surface area contributed by atoms with Crippen molar-refractivity contribution in [2.75, 3.05) is 20.1 Å². The molecular weight excluding hydrogens is 222 g/mol. The Hall–Kier alpha value is -1.35. The summed E-state index contributed by atoms with van der Waals surface area (Å²) in [6, 6.07) is 10.5. The number of hydrogen-bond acceptors (Lipinski definition) is 2. The minimum atomic E-state index is 0.795. The molecule has 0 atom stereocenters. The molecule has 0 heterocycles. The first kappa shape index (κ1) is 14.7. The smallest absolute Gasteiger partial charge is 0.0936 e. The fraction of sp³-hybridized carbons (Fsp3) is 0.533. The van der Waals surface area contributed by atoms with Crippen LogP contribution in [0.4, 0.5) is 0 Å². The molecule has 0 aliphatic rings. The molecule has 0 saturated carbocycles. The van der Waals surface area contributed by atoms with Gasteiger partial charge in [-0.15, -0.1) is 0 Å². The van der Waals surface area contributed by atoms with Crippen LogP contribution in [-0.2, 0) is 6.54 Å². The number of hydrogen-bond donors (Lipinski definition) is 1. The van der Waals surface area contributed by atoms with Gasteiger partial charge in [0.05, 0.1) is 5.84 Å². The van der Waals surface area contributed by atoms with Gasteiger partial charge in [-0.05, 0) is 32.0 Å². The Morgan fingerprint density at radius 1 is 1.28 bits per heavy atom. The fourth-order valence-corrected chi connectivity index (χ4v) is 1.87. The topological polar surface area (TPSA) is 41.6 Å². The van der Waals surface area contributed by atoms with E-state index >= 15 is 0 Å². The van der Waals surface area contributed by atoms with E-state index in [0.29, 0.717) is 0 Å². The van der Waals surface area contributed by atoms with E-state index in [1.54, 1.807) is 0 Å². The lowest BCUT2D eigenvalue weighted by Gasteiger charge is -2.15. The van der Waals surface area contributed by atoms with Gasteiger partial charge in [0.15, 0.2) is 0 Å². The molecule has 1 aromatic rings. The van der Waals surface area contributed by atoms with Gasteiger partial charge in [-0.3, -0.25) is 4.99 Å². The third-order valence-electron chi connectivity index (χ3n) is 2.81. The normalized spacial score (nSPS) is 12.1. The van der Waals surface area contributed by atoms with Crippen LogP contribution in [0.1, 0.15) is 31.7 Å². The maximum atomic E-state index is 5.76. The summed E-state index contributed by atoms with van der Waals surface area (Å²) in [4.78, 5) is 6.68. The van der Waals surface area contributed by atoms with Gasteiger partial charge in [0, 0.05) is 19.5 Å². The molecule has 18 heavy (non-hydrogen) atoms. The lowest BCUT2D eigenvalue weighted by atomic mass is 10.2. The molecule has 0 aliphatic carbocycles. The van der Waals surface area contributed by atoms with Gasteiger partial charge in [-0.25, -0.2) is 0 Å². The van der Waals surface area contributed by atoms with Gasteiger partial charge >= 0.3 is 0 Å². The predicted octanol–water partition coefficient (Wildman–Crippen LogP) is 2.67. The van der Waals surface area contributed by atoms with Crippen molar-refractivity contribution in [2.24, 2.45) is 10.7 Å². The molecule has 100 valence electrons. The Labute approximate surface area is 111 Å². The molecule has 1 aromatic carbocycles. The van der Waals surface area contributed by atoms with E-state index in [0.717, 1.165) is 44.7 Å². The number of nitrogens with zero attached hydrogens (tertiary/aromatic N) is 2. The zero-order valence-electron chi connectivity index (χ0n) is 11.6. The van der Waals surface area contributed by atoms with Crippen LogP contribution in [0.25, 0.3) is 0 Å². The largest absolute Gasteiger partial charge is 0.387 e. The molecule has 0 spiro atoms. The molecule has 3 nitrogen and oxygen atoms in total. The molecule has 0 aromatic heterocycles. The molecule has 0 bridgehead atoms. The first-order valence-electron chi connectivity index (χ1n) is 6.73. The molecule has 0 amide bonds. The monoisotopic (exact) mass is 247 g/mol. The highest BCUT2D eigenvalue weighted by atomic mass is 15.1. The Bertz CT molecular complexity index is 346. The number of rotatable bonds is 8. The van der Waals surface area contributed by atoms with Crippen molar-refractivity contribution in [3.05, 3.63) is 35.9 Å². The second kappa shape index (κ2) is 8.70. The second-order valence-electron chi connectivity index (χ2n) is 4.70. The average Bonchev–Trinajstić information content (AvgIpc) is 2.36. The van der Waals surface area contributed by atoms with Crippen molar-refractivity contribution in [1.82, 2.24) is 4.90 Å². The van der Waals surface area contributed by atoms with Crippen molar-refractivity contribution >= 4 is 5.84 Å². The maximum absolute atomic E-state index is 5.76. The summed E-state index contributed by atoms with van der Waals surface area (Å²) < 4.78 is 0. The van der Waals surface area contributed by atoms with E-state index in [1.807, 2.05) is 0 Å². The first-order chi connectivity index (χ1) is 8.72. The standard InChI is InChI=1S/C15H25N3/c1-3-8-15(16)17-11-7-12-18(2)13-14-9-5-4-6-10-14/h4-6,9-10H,3,7-8,11-13H2,1-2H3,(H2,16,17). The van der Waals surface area contributed by atoms with E-state index < -0.39 is 0 Å². The second-order valence-corrected chi connectivity index (χ2v) is 4.70. The molecule has 1 rings (SSSR count). The predicted molar refractivity (Wildman–Crippen MR) is 78.8 cm³/mol. The van der Waals surface area contributed by atoms with Crippen LogP contribution in [0, 0.1) is 0 Å². The SMILES string of the molecule is CCCC(N)=NCCCN(C)Cc1ccccc1. The Kier molecular flexibility index (Phi) is 7.11. The molecule has 0 unspecified atom stereocenters. The molecule has 0 fully saturated rings. The quantitative estimate of drug-likeness (QED) is 0.436. The van der Waals surface area contributed by atoms with Gasteiger partial charge in [0.25, 0.3) is 0 Å². The molecule has 3 heteroatoms. The Morgan fingerprint density at radius 3 is 2.67 bits per heavy atom. The van der Waals surface area contributed by atoms with Gasteiger partial charge in [-0.2, -0.15) is 0 Å². The van der Waals surface area contributed by atoms with Crippen molar-refractivity contribution in [3.8, 4) is 0 Å². The van der Waals surface area contributed by atoms with E-state index in [9.17, 15) is 0 Å². The number of nitrogens with two attached hydrogens (primary N) is 1. The summed E-state index contributed by atoms with van der Waals surface area (Å²) in [5.41, 5.74) is 7.12. The number of amidine groups is 1. The summed E-state index contributed by atoms with van der Waals surface area (Å²) in [6.07, 6.45) is 3.05. The molecule has 0 aliphatic heterocycles. The highest BCUT2D eigenvalue weighted by Gasteiger charge is 1.99. The zero-order valence-corrected chi connectivity index (χ0v) is 11.6. The zero-order chi connectivity index (χ0) is 13.2. The van der Waals surface area contributed by atoms with Crippen LogP contribution in [0.3, 0.4) is 0 Å². The Balaban J connectivity index is 2.18. The third-order valence-corrected chi connectivity index (χ3v) is 2.81. The lowest BCUT2D eigenvalue weighted by molar-refractivity contribution is 0.324. The van der Waals surface area contributed by atoms with Gasteiger partial charge in [-0.1, -0.05) is 37.3 Å². The van der Waals surface area contributed by atoms with E-state index in [2.05, 4.69) is 54.2 Å². The highest BCUT2D eigenvalue weighted by Crippen LogP contribution is 2.02. The number of aliphatic imine (C=N–C) groups is 1. The minimum absolute atomic E-state index is 0.795. The van der Waals surface area contributed by atoms with Crippen molar-refractivity contribution in [2.45, 2.75) is 32.7 Å². The molecular formula is C15H25N3. The first-order valence-corrected chi connectivity index (χ1v) is 6.73. The van der Waals surface area contributed by atoms with Gasteiger partial charge < -0.3 is 10.6 Å².